The van der Waals surface area contributed by atoms with E-state index in [0.717, 1.165) is 6.61 Å². The number of carbonyl (C=O) groups is 1. The van der Waals surface area contributed by atoms with Gasteiger partial charge in [-0.2, -0.15) is 11.8 Å². The first-order valence-electron chi connectivity index (χ1n) is 3.46. The Hall–Kier alpha value is -0.0200. The lowest BCUT2D eigenvalue weighted by atomic mass is 9.93. The van der Waals surface area contributed by atoms with Gasteiger partial charge in [0, 0.05) is 13.0 Å². The van der Waals surface area contributed by atoms with E-state index in [0.29, 0.717) is 12.2 Å². The first kappa shape index (κ1) is 8.08. The number of hydrogen-bond donors (Lipinski definition) is 0. The van der Waals surface area contributed by atoms with Crippen molar-refractivity contribution in [2.24, 2.45) is 0 Å². The first-order chi connectivity index (χ1) is 4.79. The molecule has 0 aromatic heterocycles. The lowest BCUT2D eigenvalue weighted by Gasteiger charge is -2.32. The Morgan fingerprint density at radius 1 is 1.80 bits per heavy atom. The second-order valence-electron chi connectivity index (χ2n) is 2.32. The third-order valence-corrected chi connectivity index (χ3v) is 2.77. The van der Waals surface area contributed by atoms with Gasteiger partial charge < -0.3 is 4.74 Å². The van der Waals surface area contributed by atoms with Crippen LogP contribution in [0.3, 0.4) is 0 Å². The number of Topliss-reactive ketones (excluding diaryl/α,β-unsaturated/α-hetero) is 1. The molecule has 0 bridgehead atoms. The van der Waals surface area contributed by atoms with Crippen LogP contribution in [0.15, 0.2) is 0 Å². The van der Waals surface area contributed by atoms with Crippen molar-refractivity contribution >= 4 is 17.5 Å². The van der Waals surface area contributed by atoms with Gasteiger partial charge in [0.1, 0.15) is 0 Å². The average molecular weight is 160 g/mol. The average Bonchev–Trinajstić information content (AvgIpc) is 1.88. The Kier molecular flexibility index (Phi) is 2.74. The Balaban J connectivity index is 2.30. The summed E-state index contributed by atoms with van der Waals surface area (Å²) in [6, 6.07) is 0. The predicted octanol–water partition coefficient (Wildman–Crippen LogP) is 1.10. The molecule has 1 fully saturated rings. The topological polar surface area (TPSA) is 26.3 Å². The molecule has 0 aliphatic heterocycles. The van der Waals surface area contributed by atoms with Crippen LogP contribution in [0, 0.1) is 0 Å². The fourth-order valence-electron chi connectivity index (χ4n) is 1.11. The molecule has 0 radical (unpaired) electrons. The fraction of sp³-hybridized carbons (Fsp3) is 0.857. The minimum absolute atomic E-state index is 0.125. The lowest BCUT2D eigenvalue weighted by molar-refractivity contribution is -0.132. The second kappa shape index (κ2) is 3.39. The molecule has 58 valence electrons. The van der Waals surface area contributed by atoms with E-state index in [4.69, 9.17) is 4.74 Å². The zero-order valence-corrected chi connectivity index (χ0v) is 7.11. The molecule has 2 nitrogen and oxygen atoms in total. The summed E-state index contributed by atoms with van der Waals surface area (Å²) in [7, 11) is 0. The Bertz CT molecular complexity index is 136. The molecule has 1 rings (SSSR count). The van der Waals surface area contributed by atoms with Gasteiger partial charge in [-0.05, 0) is 13.2 Å². The highest BCUT2D eigenvalue weighted by Crippen LogP contribution is 2.29. The zero-order chi connectivity index (χ0) is 7.56. The van der Waals surface area contributed by atoms with Gasteiger partial charge in [0.25, 0.3) is 0 Å². The van der Waals surface area contributed by atoms with E-state index in [9.17, 15) is 4.79 Å². The molecule has 1 aliphatic carbocycles. The number of rotatable bonds is 3. The van der Waals surface area contributed by atoms with Gasteiger partial charge in [-0.25, -0.2) is 0 Å². The molecule has 1 saturated carbocycles. The van der Waals surface area contributed by atoms with E-state index in [1.54, 1.807) is 11.8 Å². The van der Waals surface area contributed by atoms with E-state index >= 15 is 0 Å². The summed E-state index contributed by atoms with van der Waals surface area (Å²) in [5.41, 5.74) is 0. The van der Waals surface area contributed by atoms with Gasteiger partial charge in [0.15, 0.2) is 5.78 Å². The zero-order valence-electron chi connectivity index (χ0n) is 6.29. The molecule has 0 aromatic rings. The predicted molar refractivity (Wildman–Crippen MR) is 42.3 cm³/mol. The van der Waals surface area contributed by atoms with Crippen molar-refractivity contribution in [3.05, 3.63) is 0 Å². The van der Waals surface area contributed by atoms with E-state index in [-0.39, 0.29) is 11.4 Å². The molecule has 0 unspecified atom stereocenters. The van der Waals surface area contributed by atoms with Gasteiger partial charge in [-0.15, -0.1) is 0 Å². The molecule has 0 saturated heterocycles. The van der Waals surface area contributed by atoms with Gasteiger partial charge in [-0.1, -0.05) is 0 Å². The number of hydrogen-bond acceptors (Lipinski definition) is 3. The van der Waals surface area contributed by atoms with Crippen molar-refractivity contribution in [2.45, 2.75) is 24.7 Å². The molecule has 2 atom stereocenters. The highest BCUT2D eigenvalue weighted by Gasteiger charge is 2.39. The lowest BCUT2D eigenvalue weighted by Crippen LogP contribution is -2.46. The van der Waals surface area contributed by atoms with E-state index < -0.39 is 0 Å². The smallest absolute Gasteiger partial charge is 0.151 e. The highest BCUT2D eigenvalue weighted by molar-refractivity contribution is 8.00. The standard InChI is InChI=1S/C7H12O2S/c1-3-9-6-4-5(8)7(6)10-2/h6-7H,3-4H2,1-2H3/t6-,7+/m1/s1. The van der Waals surface area contributed by atoms with E-state index in [1.807, 2.05) is 13.2 Å². The SMILES string of the molecule is CCO[C@@H]1CC(=O)[C@@H]1SC. The van der Waals surface area contributed by atoms with Gasteiger partial charge >= 0.3 is 0 Å². The molecule has 0 aromatic carbocycles. The number of carbonyl (C=O) groups excluding carboxylic acids is 1. The van der Waals surface area contributed by atoms with Crippen LogP contribution in [0.5, 0.6) is 0 Å². The van der Waals surface area contributed by atoms with Crippen LogP contribution in [0.4, 0.5) is 0 Å². The van der Waals surface area contributed by atoms with Crippen LogP contribution in [-0.4, -0.2) is 30.0 Å². The van der Waals surface area contributed by atoms with Gasteiger partial charge in [0.05, 0.1) is 11.4 Å². The largest absolute Gasteiger partial charge is 0.376 e. The molecule has 0 spiro atoms. The van der Waals surface area contributed by atoms with Crippen molar-refractivity contribution in [1.29, 1.82) is 0 Å². The number of ketones is 1. The molecule has 0 N–H and O–H groups in total. The third kappa shape index (κ3) is 1.35. The molecule has 10 heavy (non-hydrogen) atoms. The molecule has 0 amide bonds. The quantitative estimate of drug-likeness (QED) is 0.618. The highest BCUT2D eigenvalue weighted by atomic mass is 32.2. The Morgan fingerprint density at radius 3 is 2.90 bits per heavy atom. The molecular formula is C7H12O2S. The maximum Gasteiger partial charge on any atom is 0.151 e. The summed E-state index contributed by atoms with van der Waals surface area (Å²) in [5, 5.41) is 0.125. The summed E-state index contributed by atoms with van der Waals surface area (Å²) in [5.74, 6) is 0.339. The third-order valence-electron chi connectivity index (χ3n) is 1.69. The summed E-state index contributed by atoms with van der Waals surface area (Å²) >= 11 is 1.59. The van der Waals surface area contributed by atoms with E-state index in [2.05, 4.69) is 0 Å². The van der Waals surface area contributed by atoms with Crippen LogP contribution in [0.2, 0.25) is 0 Å². The van der Waals surface area contributed by atoms with Gasteiger partial charge in [-0.3, -0.25) is 4.79 Å². The minimum atomic E-state index is 0.125. The summed E-state index contributed by atoms with van der Waals surface area (Å²) in [6.45, 7) is 2.68. The maximum atomic E-state index is 10.8. The van der Waals surface area contributed by atoms with Crippen LogP contribution in [0.25, 0.3) is 0 Å². The summed E-state index contributed by atoms with van der Waals surface area (Å²) < 4.78 is 5.31. The monoisotopic (exact) mass is 160 g/mol. The van der Waals surface area contributed by atoms with Crippen molar-refractivity contribution in [3.63, 3.8) is 0 Å². The minimum Gasteiger partial charge on any atom is -0.376 e. The van der Waals surface area contributed by atoms with E-state index in [1.165, 1.54) is 0 Å². The van der Waals surface area contributed by atoms with Crippen LogP contribution in [0.1, 0.15) is 13.3 Å². The Labute approximate surface area is 65.3 Å². The second-order valence-corrected chi connectivity index (χ2v) is 3.30. The molecular weight excluding hydrogens is 148 g/mol. The molecule has 0 heterocycles. The first-order valence-corrected chi connectivity index (χ1v) is 4.75. The number of ether oxygens (including phenoxy) is 1. The summed E-state index contributed by atoms with van der Waals surface area (Å²) in [6.07, 6.45) is 2.78. The van der Waals surface area contributed by atoms with Crippen molar-refractivity contribution < 1.29 is 9.53 Å². The van der Waals surface area contributed by atoms with Crippen molar-refractivity contribution in [1.82, 2.24) is 0 Å². The number of thioether (sulfide) groups is 1. The van der Waals surface area contributed by atoms with Gasteiger partial charge in [0.2, 0.25) is 0 Å². The maximum absolute atomic E-state index is 10.8. The molecule has 1 aliphatic rings. The fourth-order valence-corrected chi connectivity index (χ4v) is 1.95. The van der Waals surface area contributed by atoms with Crippen molar-refractivity contribution in [2.75, 3.05) is 12.9 Å². The normalized spacial score (nSPS) is 32.0. The van der Waals surface area contributed by atoms with Crippen LogP contribution in [-0.2, 0) is 9.53 Å². The summed E-state index contributed by atoms with van der Waals surface area (Å²) in [4.78, 5) is 10.8. The van der Waals surface area contributed by atoms with Crippen LogP contribution >= 0.6 is 11.8 Å². The Morgan fingerprint density at radius 2 is 2.50 bits per heavy atom. The molecule has 3 heteroatoms. The van der Waals surface area contributed by atoms with Crippen molar-refractivity contribution in [3.8, 4) is 0 Å². The van der Waals surface area contributed by atoms with Crippen LogP contribution < -0.4 is 0 Å².